The van der Waals surface area contributed by atoms with Crippen molar-refractivity contribution < 1.29 is 33.3 Å². The molecule has 4 aromatic rings. The maximum Gasteiger partial charge on any atom is 0.235 e. The Hall–Kier alpha value is -4.83. The number of para-hydroxylation sites is 1. The number of fused-ring (bicyclic) bond motifs is 1. The number of ether oxygens (including phenoxy) is 4. The van der Waals surface area contributed by atoms with Crippen LogP contribution in [0.25, 0.3) is 22.3 Å². The maximum atomic E-state index is 13.3. The fraction of sp³-hybridized carbons (Fsp3) is 0.241. The first kappa shape index (κ1) is 28.2. The SMILES string of the molecule is N=[N+]=NCCOCCOCCOc1ccc(-c2oc3ccccc3c(=O)c2OCc2cccc(C(=O)[O-])c2)cc1. The summed E-state index contributed by atoms with van der Waals surface area (Å²) in [5, 5.41) is 15.1. The third-order valence-corrected chi connectivity index (χ3v) is 5.69. The van der Waals surface area contributed by atoms with Gasteiger partial charge in [0.2, 0.25) is 16.1 Å². The molecular formula is C29H27N3O8. The van der Waals surface area contributed by atoms with Crippen molar-refractivity contribution in [2.75, 3.05) is 39.6 Å². The molecule has 0 atom stereocenters. The van der Waals surface area contributed by atoms with Gasteiger partial charge in [0.05, 0.1) is 37.8 Å². The van der Waals surface area contributed by atoms with Crippen molar-refractivity contribution in [3.63, 3.8) is 0 Å². The van der Waals surface area contributed by atoms with E-state index in [2.05, 4.69) is 10.0 Å². The number of rotatable bonds is 15. The Morgan fingerprint density at radius 2 is 1.65 bits per heavy atom. The van der Waals surface area contributed by atoms with Crippen LogP contribution in [-0.4, -0.2) is 45.5 Å². The number of aromatic carboxylic acids is 1. The van der Waals surface area contributed by atoms with Crippen LogP contribution in [0, 0.1) is 5.53 Å². The fourth-order valence-corrected chi connectivity index (χ4v) is 3.79. The summed E-state index contributed by atoms with van der Waals surface area (Å²) in [4.78, 5) is 27.5. The van der Waals surface area contributed by atoms with Gasteiger partial charge in [-0.2, -0.15) is 0 Å². The van der Waals surface area contributed by atoms with Gasteiger partial charge in [0.15, 0.2) is 5.76 Å². The molecule has 0 saturated heterocycles. The summed E-state index contributed by atoms with van der Waals surface area (Å²) in [6.07, 6.45) is 0. The minimum Gasteiger partial charge on any atom is -0.545 e. The second-order valence-electron chi connectivity index (χ2n) is 8.42. The van der Waals surface area contributed by atoms with E-state index in [0.29, 0.717) is 67.4 Å². The van der Waals surface area contributed by atoms with Gasteiger partial charge < -0.3 is 33.3 Å². The summed E-state index contributed by atoms with van der Waals surface area (Å²) >= 11 is 0. The Labute approximate surface area is 229 Å². The molecule has 0 bridgehead atoms. The predicted molar refractivity (Wildman–Crippen MR) is 142 cm³/mol. The van der Waals surface area contributed by atoms with Crippen molar-refractivity contribution in [1.29, 1.82) is 5.53 Å². The summed E-state index contributed by atoms with van der Waals surface area (Å²) in [5.74, 6) is -0.422. The summed E-state index contributed by atoms with van der Waals surface area (Å²) in [5.41, 5.74) is 7.82. The Morgan fingerprint density at radius 3 is 2.42 bits per heavy atom. The molecule has 40 heavy (non-hydrogen) atoms. The highest BCUT2D eigenvalue weighted by atomic mass is 16.5. The third kappa shape index (κ3) is 7.61. The molecule has 0 aliphatic heterocycles. The number of hydrogen-bond acceptors (Lipinski definition) is 10. The average molecular weight is 546 g/mol. The van der Waals surface area contributed by atoms with Crippen LogP contribution in [0.2, 0.25) is 0 Å². The highest BCUT2D eigenvalue weighted by Gasteiger charge is 2.18. The van der Waals surface area contributed by atoms with E-state index in [1.54, 1.807) is 60.7 Å². The molecular weight excluding hydrogens is 518 g/mol. The van der Waals surface area contributed by atoms with Crippen LogP contribution in [0.3, 0.4) is 0 Å². The topological polar surface area (TPSA) is 158 Å². The Balaban J connectivity index is 1.42. The Morgan fingerprint density at radius 1 is 0.900 bits per heavy atom. The second kappa shape index (κ2) is 14.4. The monoisotopic (exact) mass is 545 g/mol. The van der Waals surface area contributed by atoms with Crippen molar-refractivity contribution in [2.45, 2.75) is 6.61 Å². The van der Waals surface area contributed by atoms with E-state index >= 15 is 0 Å². The van der Waals surface area contributed by atoms with Crippen LogP contribution in [0.4, 0.5) is 0 Å². The molecule has 1 N–H and O–H groups in total. The zero-order valence-corrected chi connectivity index (χ0v) is 21.5. The van der Waals surface area contributed by atoms with Crippen LogP contribution < -0.4 is 24.9 Å². The highest BCUT2D eigenvalue weighted by molar-refractivity contribution is 5.86. The van der Waals surface area contributed by atoms with Gasteiger partial charge in [-0.1, -0.05) is 30.3 Å². The lowest BCUT2D eigenvalue weighted by Crippen LogP contribution is -2.22. The number of benzene rings is 3. The van der Waals surface area contributed by atoms with Crippen molar-refractivity contribution in [3.8, 4) is 22.8 Å². The quantitative estimate of drug-likeness (QED) is 0.135. The summed E-state index contributed by atoms with van der Waals surface area (Å²) in [7, 11) is 0. The smallest absolute Gasteiger partial charge is 0.235 e. The molecule has 0 spiro atoms. The third-order valence-electron chi connectivity index (χ3n) is 5.69. The first-order valence-corrected chi connectivity index (χ1v) is 12.5. The van der Waals surface area contributed by atoms with Crippen molar-refractivity contribution in [1.82, 2.24) is 4.91 Å². The lowest BCUT2D eigenvalue weighted by Gasteiger charge is -2.13. The number of carboxylic acids is 1. The minimum absolute atomic E-state index is 0.0181. The number of hydrogen-bond donors (Lipinski definition) is 1. The molecule has 0 unspecified atom stereocenters. The molecule has 11 heteroatoms. The van der Waals surface area contributed by atoms with Crippen molar-refractivity contribution in [2.24, 2.45) is 5.11 Å². The molecule has 0 aliphatic carbocycles. The van der Waals surface area contributed by atoms with Gasteiger partial charge in [-0.15, -0.1) is 0 Å². The van der Waals surface area contributed by atoms with E-state index in [1.165, 1.54) is 12.1 Å². The summed E-state index contributed by atoms with van der Waals surface area (Å²) < 4.78 is 28.5. The van der Waals surface area contributed by atoms with E-state index in [9.17, 15) is 14.7 Å². The normalized spacial score (nSPS) is 10.7. The molecule has 1 heterocycles. The fourth-order valence-electron chi connectivity index (χ4n) is 3.79. The van der Waals surface area contributed by atoms with Gasteiger partial charge in [-0.3, -0.25) is 4.79 Å². The number of carboxylic acid groups (broad SMARTS) is 1. The van der Waals surface area contributed by atoms with Crippen LogP contribution >= 0.6 is 0 Å². The molecule has 0 fully saturated rings. The van der Waals surface area contributed by atoms with E-state index in [-0.39, 0.29) is 29.1 Å². The van der Waals surface area contributed by atoms with E-state index in [1.807, 2.05) is 0 Å². The highest BCUT2D eigenvalue weighted by Crippen LogP contribution is 2.32. The molecule has 1 aromatic heterocycles. The lowest BCUT2D eigenvalue weighted by molar-refractivity contribution is -0.255. The number of carbonyl (C=O) groups excluding carboxylic acids is 1. The van der Waals surface area contributed by atoms with Crippen LogP contribution in [0.1, 0.15) is 15.9 Å². The van der Waals surface area contributed by atoms with Gasteiger partial charge in [-0.25, -0.2) is 0 Å². The summed E-state index contributed by atoms with van der Waals surface area (Å²) in [6, 6.07) is 20.1. The molecule has 0 aliphatic rings. The van der Waals surface area contributed by atoms with Gasteiger partial charge in [0.25, 0.3) is 0 Å². The van der Waals surface area contributed by atoms with Gasteiger partial charge >= 0.3 is 0 Å². The van der Waals surface area contributed by atoms with Crippen molar-refractivity contribution >= 4 is 16.9 Å². The van der Waals surface area contributed by atoms with Crippen LogP contribution in [-0.2, 0) is 16.1 Å². The van der Waals surface area contributed by atoms with E-state index < -0.39 is 5.97 Å². The van der Waals surface area contributed by atoms with Gasteiger partial charge in [0.1, 0.15) is 41.7 Å². The summed E-state index contributed by atoms with van der Waals surface area (Å²) in [6.45, 7) is 2.20. The van der Waals surface area contributed by atoms with E-state index in [0.717, 1.165) is 0 Å². The second-order valence-corrected chi connectivity index (χ2v) is 8.42. The average Bonchev–Trinajstić information content (AvgIpc) is 2.98. The van der Waals surface area contributed by atoms with Gasteiger partial charge in [-0.05, 0) is 53.6 Å². The molecule has 206 valence electrons. The molecule has 11 nitrogen and oxygen atoms in total. The predicted octanol–water partition coefficient (Wildman–Crippen LogP) is 3.36. The number of nitrogens with one attached hydrogen (secondary N) is 1. The van der Waals surface area contributed by atoms with E-state index in [4.69, 9.17) is 28.9 Å². The molecule has 3 aromatic carbocycles. The Bertz CT molecular complexity index is 1550. The zero-order chi connectivity index (χ0) is 28.2. The first-order valence-electron chi connectivity index (χ1n) is 12.5. The van der Waals surface area contributed by atoms with Crippen LogP contribution in [0.15, 0.2) is 87.1 Å². The zero-order valence-electron chi connectivity index (χ0n) is 21.5. The van der Waals surface area contributed by atoms with Crippen LogP contribution in [0.5, 0.6) is 11.5 Å². The van der Waals surface area contributed by atoms with Gasteiger partial charge in [0, 0.05) is 5.56 Å². The molecule has 0 amide bonds. The number of carbonyl (C=O) groups is 1. The standard InChI is InChI=1S/C29H27N3O8/c30-32-31-12-13-36-14-15-37-16-17-38-23-10-8-21(9-11-23)27-28(26(33)24-6-1-2-7-25(24)40-27)39-19-20-4-3-5-22(18-20)29(34)35/h1-11,18,30H,12-17,19H2. The number of nitrogens with zero attached hydrogens (tertiary/aromatic N) is 2. The molecule has 0 saturated carbocycles. The lowest BCUT2D eigenvalue weighted by atomic mass is 10.1. The Kier molecular flexibility index (Phi) is 10.1. The largest absolute Gasteiger partial charge is 0.545 e. The maximum absolute atomic E-state index is 13.3. The molecule has 4 rings (SSSR count). The minimum atomic E-state index is -1.29. The first-order chi connectivity index (χ1) is 19.6. The molecule has 0 radical (unpaired) electrons. The van der Waals surface area contributed by atoms with Crippen molar-refractivity contribution in [3.05, 3.63) is 94.1 Å².